The molecule has 0 aromatic heterocycles. The summed E-state index contributed by atoms with van der Waals surface area (Å²) < 4.78 is 0. The van der Waals surface area contributed by atoms with Crippen molar-refractivity contribution in [3.63, 3.8) is 0 Å². The third-order valence-electron chi connectivity index (χ3n) is 4.64. The van der Waals surface area contributed by atoms with Gasteiger partial charge in [0.1, 0.15) is 0 Å². The summed E-state index contributed by atoms with van der Waals surface area (Å²) in [6, 6.07) is 8.97. The van der Waals surface area contributed by atoms with E-state index in [9.17, 15) is 5.11 Å². The van der Waals surface area contributed by atoms with Crippen molar-refractivity contribution >= 4 is 5.69 Å². The van der Waals surface area contributed by atoms with Gasteiger partial charge < -0.3 is 10.0 Å². The second kappa shape index (κ2) is 5.54. The molecule has 1 aliphatic rings. The van der Waals surface area contributed by atoms with Crippen molar-refractivity contribution in [1.82, 2.24) is 0 Å². The molecule has 19 heavy (non-hydrogen) atoms. The van der Waals surface area contributed by atoms with Gasteiger partial charge >= 0.3 is 0 Å². The van der Waals surface area contributed by atoms with Crippen LogP contribution in [0.2, 0.25) is 0 Å². The highest BCUT2D eigenvalue weighted by molar-refractivity contribution is 5.48. The van der Waals surface area contributed by atoms with E-state index in [0.29, 0.717) is 11.5 Å². The van der Waals surface area contributed by atoms with Crippen molar-refractivity contribution < 1.29 is 5.11 Å². The molecular weight excluding hydrogens is 234 g/mol. The number of aliphatic hydroxyl groups excluding tert-OH is 1. The molecule has 0 aliphatic heterocycles. The zero-order valence-corrected chi connectivity index (χ0v) is 12.7. The average Bonchev–Trinajstić information content (AvgIpc) is 2.38. The van der Waals surface area contributed by atoms with Gasteiger partial charge in [0.05, 0.1) is 6.10 Å². The highest BCUT2D eigenvalue weighted by atomic mass is 16.3. The van der Waals surface area contributed by atoms with Crippen LogP contribution in [0.25, 0.3) is 0 Å². The third kappa shape index (κ3) is 3.50. The number of rotatable bonds is 3. The fraction of sp³-hybridized carbons (Fsp3) is 0.647. The van der Waals surface area contributed by atoms with E-state index in [0.717, 1.165) is 5.56 Å². The van der Waals surface area contributed by atoms with E-state index in [2.05, 4.69) is 37.9 Å². The maximum atomic E-state index is 9.55. The molecule has 1 atom stereocenters. The van der Waals surface area contributed by atoms with Crippen LogP contribution >= 0.6 is 0 Å². The fourth-order valence-electron chi connectivity index (χ4n) is 2.97. The highest BCUT2D eigenvalue weighted by Crippen LogP contribution is 2.37. The van der Waals surface area contributed by atoms with Gasteiger partial charge in [0.15, 0.2) is 0 Å². The molecule has 0 bridgehead atoms. The summed E-state index contributed by atoms with van der Waals surface area (Å²) in [6.45, 7) is 6.56. The first-order chi connectivity index (χ1) is 8.89. The predicted octanol–water partition coefficient (Wildman–Crippen LogP) is 4.14. The van der Waals surface area contributed by atoms with Gasteiger partial charge in [-0.1, -0.05) is 26.0 Å². The summed E-state index contributed by atoms with van der Waals surface area (Å²) in [5.74, 6) is 0. The minimum atomic E-state index is -0.380. The Balaban J connectivity index is 2.02. The molecule has 0 saturated heterocycles. The Morgan fingerprint density at radius 2 is 1.68 bits per heavy atom. The lowest BCUT2D eigenvalue weighted by Gasteiger charge is -2.39. The van der Waals surface area contributed by atoms with Crippen LogP contribution in [0.1, 0.15) is 58.1 Å². The Bertz CT molecular complexity index is 398. The average molecular weight is 261 g/mol. The van der Waals surface area contributed by atoms with Crippen molar-refractivity contribution in [2.45, 2.75) is 58.6 Å². The molecule has 0 spiro atoms. The molecular formula is C17H27NO. The van der Waals surface area contributed by atoms with E-state index < -0.39 is 0 Å². The Morgan fingerprint density at radius 3 is 2.16 bits per heavy atom. The standard InChI is InChI=1S/C17H27NO/c1-13(19)14-5-7-15(8-6-14)18(4)16-9-11-17(2,3)12-10-16/h5-8,13,16,19H,9-12H2,1-4H3/t13-/m1/s1. The predicted molar refractivity (Wildman–Crippen MR) is 81.5 cm³/mol. The summed E-state index contributed by atoms with van der Waals surface area (Å²) in [6.07, 6.45) is 4.81. The first-order valence-corrected chi connectivity index (χ1v) is 7.40. The second-order valence-corrected chi connectivity index (χ2v) is 6.77. The van der Waals surface area contributed by atoms with Crippen LogP contribution in [-0.4, -0.2) is 18.2 Å². The molecule has 2 nitrogen and oxygen atoms in total. The SMILES string of the molecule is C[C@@H](O)c1ccc(N(C)C2CCC(C)(C)CC2)cc1. The zero-order chi connectivity index (χ0) is 14.0. The first kappa shape index (κ1) is 14.4. The van der Waals surface area contributed by atoms with Gasteiger partial charge in [-0.3, -0.25) is 0 Å². The molecule has 0 heterocycles. The summed E-state index contributed by atoms with van der Waals surface area (Å²) in [5.41, 5.74) is 2.77. The molecule has 2 heteroatoms. The van der Waals surface area contributed by atoms with Crippen molar-refractivity contribution in [3.8, 4) is 0 Å². The molecule has 1 aromatic carbocycles. The lowest BCUT2D eigenvalue weighted by molar-refractivity contribution is 0.199. The zero-order valence-electron chi connectivity index (χ0n) is 12.7. The van der Waals surface area contributed by atoms with Crippen LogP contribution in [-0.2, 0) is 0 Å². The van der Waals surface area contributed by atoms with Crippen molar-refractivity contribution in [2.75, 3.05) is 11.9 Å². The van der Waals surface area contributed by atoms with E-state index in [1.807, 2.05) is 19.1 Å². The minimum Gasteiger partial charge on any atom is -0.389 e. The molecule has 1 aliphatic carbocycles. The Labute approximate surface area is 117 Å². The smallest absolute Gasteiger partial charge is 0.0761 e. The monoisotopic (exact) mass is 261 g/mol. The largest absolute Gasteiger partial charge is 0.389 e. The van der Waals surface area contributed by atoms with E-state index in [1.54, 1.807) is 0 Å². The quantitative estimate of drug-likeness (QED) is 0.883. The van der Waals surface area contributed by atoms with Crippen molar-refractivity contribution in [1.29, 1.82) is 0 Å². The van der Waals surface area contributed by atoms with Crippen LogP contribution in [0.4, 0.5) is 5.69 Å². The van der Waals surface area contributed by atoms with Crippen LogP contribution in [0, 0.1) is 5.41 Å². The molecule has 2 rings (SSSR count). The minimum absolute atomic E-state index is 0.380. The summed E-state index contributed by atoms with van der Waals surface area (Å²) in [7, 11) is 2.19. The van der Waals surface area contributed by atoms with Gasteiger partial charge in [0.25, 0.3) is 0 Å². The number of anilines is 1. The van der Waals surface area contributed by atoms with Crippen molar-refractivity contribution in [3.05, 3.63) is 29.8 Å². The molecule has 1 saturated carbocycles. The lowest BCUT2D eigenvalue weighted by Crippen LogP contribution is -2.37. The molecule has 1 N–H and O–H groups in total. The molecule has 0 amide bonds. The highest BCUT2D eigenvalue weighted by Gasteiger charge is 2.28. The first-order valence-electron chi connectivity index (χ1n) is 7.40. The molecule has 106 valence electrons. The van der Waals surface area contributed by atoms with Crippen LogP contribution in [0.15, 0.2) is 24.3 Å². The van der Waals surface area contributed by atoms with Crippen LogP contribution < -0.4 is 4.90 Å². The van der Waals surface area contributed by atoms with E-state index in [-0.39, 0.29) is 6.10 Å². The number of hydrogen-bond donors (Lipinski definition) is 1. The van der Waals surface area contributed by atoms with Gasteiger partial charge in [-0.05, 0) is 55.7 Å². The third-order valence-corrected chi connectivity index (χ3v) is 4.64. The van der Waals surface area contributed by atoms with Crippen LogP contribution in [0.3, 0.4) is 0 Å². The van der Waals surface area contributed by atoms with E-state index in [1.165, 1.54) is 31.4 Å². The molecule has 1 aromatic rings. The number of hydrogen-bond acceptors (Lipinski definition) is 2. The summed E-state index contributed by atoms with van der Waals surface area (Å²) >= 11 is 0. The van der Waals surface area contributed by atoms with Gasteiger partial charge in [-0.25, -0.2) is 0 Å². The number of aliphatic hydroxyl groups is 1. The topological polar surface area (TPSA) is 23.5 Å². The number of nitrogens with zero attached hydrogens (tertiary/aromatic N) is 1. The molecule has 0 radical (unpaired) electrons. The fourth-order valence-corrected chi connectivity index (χ4v) is 2.97. The molecule has 1 fully saturated rings. The van der Waals surface area contributed by atoms with Gasteiger partial charge in [-0.15, -0.1) is 0 Å². The Hall–Kier alpha value is -1.02. The maximum Gasteiger partial charge on any atom is 0.0761 e. The van der Waals surface area contributed by atoms with E-state index >= 15 is 0 Å². The second-order valence-electron chi connectivity index (χ2n) is 6.77. The van der Waals surface area contributed by atoms with Crippen LogP contribution in [0.5, 0.6) is 0 Å². The Morgan fingerprint density at radius 1 is 1.16 bits per heavy atom. The van der Waals surface area contributed by atoms with Gasteiger partial charge in [-0.2, -0.15) is 0 Å². The maximum absolute atomic E-state index is 9.55. The van der Waals surface area contributed by atoms with Gasteiger partial charge in [0, 0.05) is 18.8 Å². The van der Waals surface area contributed by atoms with E-state index in [4.69, 9.17) is 0 Å². The van der Waals surface area contributed by atoms with Crippen molar-refractivity contribution in [2.24, 2.45) is 5.41 Å². The number of benzene rings is 1. The Kier molecular flexibility index (Phi) is 4.19. The summed E-state index contributed by atoms with van der Waals surface area (Å²) in [5, 5.41) is 9.55. The normalized spacial score (nSPS) is 21.1. The summed E-state index contributed by atoms with van der Waals surface area (Å²) in [4.78, 5) is 2.40. The van der Waals surface area contributed by atoms with Gasteiger partial charge in [0.2, 0.25) is 0 Å². The lowest BCUT2D eigenvalue weighted by atomic mass is 9.75. The molecule has 0 unspecified atom stereocenters.